The molecule has 0 saturated heterocycles. The lowest BCUT2D eigenvalue weighted by molar-refractivity contribution is 0.398. The lowest BCUT2D eigenvalue weighted by Crippen LogP contribution is -2.20. The van der Waals surface area contributed by atoms with Crippen LogP contribution in [0, 0.1) is 19.8 Å². The van der Waals surface area contributed by atoms with Gasteiger partial charge in [-0.2, -0.15) is 0 Å². The first kappa shape index (κ1) is 11.3. The zero-order chi connectivity index (χ0) is 10.7. The van der Waals surface area contributed by atoms with Gasteiger partial charge in [-0.15, -0.1) is 0 Å². The number of furan rings is 1. The van der Waals surface area contributed by atoms with Crippen molar-refractivity contribution in [3.63, 3.8) is 0 Å². The number of hydrogen-bond acceptors (Lipinski definition) is 2. The monoisotopic (exact) mass is 195 g/mol. The fourth-order valence-corrected chi connectivity index (χ4v) is 2.03. The highest BCUT2D eigenvalue weighted by Crippen LogP contribution is 2.28. The summed E-state index contributed by atoms with van der Waals surface area (Å²) in [6.45, 7) is 8.34. The summed E-state index contributed by atoms with van der Waals surface area (Å²) in [4.78, 5) is 0. The Labute approximate surface area is 86.5 Å². The van der Waals surface area contributed by atoms with Crippen LogP contribution >= 0.6 is 0 Å². The largest absolute Gasteiger partial charge is 0.466 e. The first-order chi connectivity index (χ1) is 6.60. The van der Waals surface area contributed by atoms with Crippen molar-refractivity contribution < 1.29 is 4.42 Å². The molecule has 1 aromatic rings. The highest BCUT2D eigenvalue weighted by atomic mass is 16.3. The van der Waals surface area contributed by atoms with E-state index in [1.165, 1.54) is 5.56 Å². The Morgan fingerprint density at radius 3 is 2.21 bits per heavy atom. The maximum atomic E-state index is 6.21. The van der Waals surface area contributed by atoms with Crippen molar-refractivity contribution in [3.8, 4) is 0 Å². The molecule has 2 heteroatoms. The van der Waals surface area contributed by atoms with Gasteiger partial charge < -0.3 is 10.2 Å². The molecule has 1 rings (SSSR count). The third-order valence-corrected chi connectivity index (χ3v) is 3.00. The standard InChI is InChI=1S/C12H21NO/c1-5-10(6-2)12(13)11-7-8(3)14-9(11)4/h7,10,12H,5-6,13H2,1-4H3. The number of rotatable bonds is 4. The molecule has 0 saturated carbocycles. The topological polar surface area (TPSA) is 39.2 Å². The Bertz CT molecular complexity index is 287. The Kier molecular flexibility index (Phi) is 3.76. The normalized spacial score (nSPS) is 13.6. The van der Waals surface area contributed by atoms with Crippen LogP contribution in [0.4, 0.5) is 0 Å². The number of nitrogens with two attached hydrogens (primary N) is 1. The predicted octanol–water partition coefficient (Wildman–Crippen LogP) is 3.33. The van der Waals surface area contributed by atoms with Crippen LogP contribution in [0.2, 0.25) is 0 Å². The van der Waals surface area contributed by atoms with E-state index in [9.17, 15) is 0 Å². The van der Waals surface area contributed by atoms with Crippen molar-refractivity contribution in [1.82, 2.24) is 0 Å². The van der Waals surface area contributed by atoms with Gasteiger partial charge in [0.2, 0.25) is 0 Å². The summed E-state index contributed by atoms with van der Waals surface area (Å²) in [5.74, 6) is 2.49. The van der Waals surface area contributed by atoms with Gasteiger partial charge in [-0.1, -0.05) is 26.7 Å². The first-order valence-corrected chi connectivity index (χ1v) is 5.42. The molecule has 2 N–H and O–H groups in total. The van der Waals surface area contributed by atoms with Gasteiger partial charge in [-0.25, -0.2) is 0 Å². The molecule has 1 unspecified atom stereocenters. The third-order valence-electron chi connectivity index (χ3n) is 3.00. The molecule has 2 nitrogen and oxygen atoms in total. The minimum Gasteiger partial charge on any atom is -0.466 e. The van der Waals surface area contributed by atoms with Gasteiger partial charge in [0.25, 0.3) is 0 Å². The first-order valence-electron chi connectivity index (χ1n) is 5.42. The predicted molar refractivity (Wildman–Crippen MR) is 59.2 cm³/mol. The molecule has 14 heavy (non-hydrogen) atoms. The van der Waals surface area contributed by atoms with Crippen molar-refractivity contribution in [2.24, 2.45) is 11.7 Å². The summed E-state index contributed by atoms with van der Waals surface area (Å²) in [6, 6.07) is 2.20. The number of hydrogen-bond donors (Lipinski definition) is 1. The maximum Gasteiger partial charge on any atom is 0.105 e. The second-order valence-corrected chi connectivity index (χ2v) is 3.97. The zero-order valence-electron chi connectivity index (χ0n) is 9.63. The van der Waals surface area contributed by atoms with Crippen molar-refractivity contribution in [3.05, 3.63) is 23.2 Å². The highest BCUT2D eigenvalue weighted by Gasteiger charge is 2.19. The SMILES string of the molecule is CCC(CC)C(N)c1cc(C)oc1C. The van der Waals surface area contributed by atoms with Crippen LogP contribution in [0.1, 0.15) is 49.8 Å². The molecule has 0 aliphatic heterocycles. The van der Waals surface area contributed by atoms with E-state index in [0.29, 0.717) is 5.92 Å². The average Bonchev–Trinajstić information content (AvgIpc) is 2.47. The summed E-state index contributed by atoms with van der Waals surface area (Å²) >= 11 is 0. The third kappa shape index (κ3) is 2.18. The van der Waals surface area contributed by atoms with Crippen LogP contribution in [0.15, 0.2) is 10.5 Å². The van der Waals surface area contributed by atoms with Crippen LogP contribution in [-0.2, 0) is 0 Å². The fourth-order valence-electron chi connectivity index (χ4n) is 2.03. The van der Waals surface area contributed by atoms with Crippen molar-refractivity contribution in [1.29, 1.82) is 0 Å². The molecule has 80 valence electrons. The molecule has 0 radical (unpaired) electrons. The summed E-state index contributed by atoms with van der Waals surface area (Å²) in [6.07, 6.45) is 2.25. The van der Waals surface area contributed by atoms with Crippen LogP contribution in [0.5, 0.6) is 0 Å². The van der Waals surface area contributed by atoms with E-state index in [2.05, 4.69) is 19.9 Å². The second-order valence-electron chi connectivity index (χ2n) is 3.97. The second kappa shape index (κ2) is 4.65. The van der Waals surface area contributed by atoms with E-state index in [1.807, 2.05) is 13.8 Å². The maximum absolute atomic E-state index is 6.21. The zero-order valence-corrected chi connectivity index (χ0v) is 9.63. The molecule has 1 heterocycles. The summed E-state index contributed by atoms with van der Waals surface area (Å²) in [5.41, 5.74) is 7.39. The molecular weight excluding hydrogens is 174 g/mol. The molecule has 0 amide bonds. The molecule has 0 spiro atoms. The Hall–Kier alpha value is -0.760. The molecule has 0 aromatic carbocycles. The van der Waals surface area contributed by atoms with Gasteiger partial charge in [-0.05, 0) is 25.8 Å². The Morgan fingerprint density at radius 2 is 1.86 bits per heavy atom. The van der Waals surface area contributed by atoms with E-state index in [0.717, 1.165) is 24.4 Å². The fraction of sp³-hybridized carbons (Fsp3) is 0.667. The quantitative estimate of drug-likeness (QED) is 0.800. The van der Waals surface area contributed by atoms with Crippen molar-refractivity contribution in [2.75, 3.05) is 0 Å². The van der Waals surface area contributed by atoms with E-state index in [-0.39, 0.29) is 6.04 Å². The Morgan fingerprint density at radius 1 is 1.29 bits per heavy atom. The molecule has 0 aliphatic carbocycles. The lowest BCUT2D eigenvalue weighted by atomic mass is 9.90. The summed E-state index contributed by atoms with van der Waals surface area (Å²) in [7, 11) is 0. The van der Waals surface area contributed by atoms with Gasteiger partial charge in [0.05, 0.1) is 0 Å². The average molecular weight is 195 g/mol. The molecule has 0 fully saturated rings. The van der Waals surface area contributed by atoms with E-state index in [4.69, 9.17) is 10.2 Å². The molecule has 1 aromatic heterocycles. The molecule has 0 bridgehead atoms. The molecule has 1 atom stereocenters. The van der Waals surface area contributed by atoms with Gasteiger partial charge >= 0.3 is 0 Å². The lowest BCUT2D eigenvalue weighted by Gasteiger charge is -2.20. The summed E-state index contributed by atoms with van der Waals surface area (Å²) in [5, 5.41) is 0. The van der Waals surface area contributed by atoms with Crippen LogP contribution in [0.3, 0.4) is 0 Å². The van der Waals surface area contributed by atoms with E-state index < -0.39 is 0 Å². The highest BCUT2D eigenvalue weighted by molar-refractivity contribution is 5.24. The van der Waals surface area contributed by atoms with Gasteiger partial charge in [0.1, 0.15) is 11.5 Å². The van der Waals surface area contributed by atoms with Crippen LogP contribution < -0.4 is 5.73 Å². The smallest absolute Gasteiger partial charge is 0.105 e. The van der Waals surface area contributed by atoms with Crippen molar-refractivity contribution >= 4 is 0 Å². The minimum atomic E-state index is 0.127. The Balaban J connectivity index is 2.87. The van der Waals surface area contributed by atoms with Crippen molar-refractivity contribution in [2.45, 2.75) is 46.6 Å². The summed E-state index contributed by atoms with van der Waals surface area (Å²) < 4.78 is 5.49. The van der Waals surface area contributed by atoms with Gasteiger partial charge in [0, 0.05) is 11.6 Å². The van der Waals surface area contributed by atoms with E-state index >= 15 is 0 Å². The van der Waals surface area contributed by atoms with Gasteiger partial charge in [0.15, 0.2) is 0 Å². The van der Waals surface area contributed by atoms with E-state index in [1.54, 1.807) is 0 Å². The van der Waals surface area contributed by atoms with Crippen LogP contribution in [0.25, 0.3) is 0 Å². The van der Waals surface area contributed by atoms with Gasteiger partial charge in [-0.3, -0.25) is 0 Å². The molecular formula is C12H21NO. The van der Waals surface area contributed by atoms with Crippen LogP contribution in [-0.4, -0.2) is 0 Å². The molecule has 0 aliphatic rings. The minimum absolute atomic E-state index is 0.127. The number of aryl methyl sites for hydroxylation is 2.